The van der Waals surface area contributed by atoms with Gasteiger partial charge in [0.15, 0.2) is 11.5 Å². The van der Waals surface area contributed by atoms with E-state index in [9.17, 15) is 4.79 Å². The third kappa shape index (κ3) is 4.31. The lowest BCUT2D eigenvalue weighted by Gasteiger charge is -2.29. The summed E-state index contributed by atoms with van der Waals surface area (Å²) in [6.45, 7) is 2.23. The van der Waals surface area contributed by atoms with Crippen LogP contribution < -0.4 is 10.2 Å². The first-order valence-corrected chi connectivity index (χ1v) is 9.75. The monoisotopic (exact) mass is 392 g/mol. The largest absolute Gasteiger partial charge is 0.350 e. The molecular weight excluding hydrogens is 372 g/mol. The molecule has 0 aliphatic carbocycles. The predicted molar refractivity (Wildman–Crippen MR) is 111 cm³/mol. The van der Waals surface area contributed by atoms with Crippen LogP contribution in [0.1, 0.15) is 27.2 Å². The van der Waals surface area contributed by atoms with Crippen molar-refractivity contribution in [2.75, 3.05) is 18.0 Å². The Morgan fingerprint density at radius 2 is 1.89 bits per heavy atom. The molecule has 3 aromatic rings. The zero-order valence-corrected chi connectivity index (χ0v) is 16.2. The van der Waals surface area contributed by atoms with Gasteiger partial charge in [0.25, 0.3) is 5.91 Å². The van der Waals surface area contributed by atoms with Crippen molar-refractivity contribution in [1.82, 2.24) is 15.5 Å². The molecule has 0 unspecified atom stereocenters. The normalized spacial score (nSPS) is 13.1. The molecule has 0 fully saturated rings. The SMILES string of the molecule is O=C(NCCc1cccc(Cl)c1)c1ccc(N2CCc3ccccc3C2)nn1. The molecule has 0 radical (unpaired) electrons. The summed E-state index contributed by atoms with van der Waals surface area (Å²) in [6.07, 6.45) is 1.70. The van der Waals surface area contributed by atoms with E-state index in [2.05, 4.69) is 44.7 Å². The van der Waals surface area contributed by atoms with Crippen LogP contribution in [0.25, 0.3) is 0 Å². The Balaban J connectivity index is 1.33. The van der Waals surface area contributed by atoms with Crippen LogP contribution in [0.3, 0.4) is 0 Å². The van der Waals surface area contributed by atoms with E-state index in [1.165, 1.54) is 11.1 Å². The number of rotatable bonds is 5. The molecule has 1 aliphatic rings. The average molecular weight is 393 g/mol. The molecule has 28 heavy (non-hydrogen) atoms. The van der Waals surface area contributed by atoms with Crippen LogP contribution in [-0.2, 0) is 19.4 Å². The van der Waals surface area contributed by atoms with Gasteiger partial charge in [-0.3, -0.25) is 4.79 Å². The van der Waals surface area contributed by atoms with Crippen molar-refractivity contribution in [3.05, 3.63) is 88.1 Å². The van der Waals surface area contributed by atoms with Gasteiger partial charge in [-0.15, -0.1) is 10.2 Å². The van der Waals surface area contributed by atoms with Gasteiger partial charge in [0.2, 0.25) is 0 Å². The Morgan fingerprint density at radius 1 is 1.04 bits per heavy atom. The van der Waals surface area contributed by atoms with E-state index in [1.807, 2.05) is 30.3 Å². The molecule has 2 aromatic carbocycles. The molecule has 0 bridgehead atoms. The zero-order chi connectivity index (χ0) is 19.3. The number of aromatic nitrogens is 2. The highest BCUT2D eigenvalue weighted by Crippen LogP contribution is 2.22. The summed E-state index contributed by atoms with van der Waals surface area (Å²) in [5.41, 5.74) is 4.12. The first kappa shape index (κ1) is 18.4. The van der Waals surface area contributed by atoms with Crippen LogP contribution in [0, 0.1) is 0 Å². The van der Waals surface area contributed by atoms with E-state index in [4.69, 9.17) is 11.6 Å². The maximum Gasteiger partial charge on any atom is 0.271 e. The number of nitrogens with one attached hydrogen (secondary N) is 1. The highest BCUT2D eigenvalue weighted by atomic mass is 35.5. The maximum absolute atomic E-state index is 12.3. The average Bonchev–Trinajstić information content (AvgIpc) is 2.73. The van der Waals surface area contributed by atoms with Gasteiger partial charge in [-0.05, 0) is 53.8 Å². The summed E-state index contributed by atoms with van der Waals surface area (Å²) in [5.74, 6) is 0.579. The van der Waals surface area contributed by atoms with Crippen LogP contribution in [0.15, 0.2) is 60.7 Å². The second-order valence-corrected chi connectivity index (χ2v) is 7.29. The van der Waals surface area contributed by atoms with Gasteiger partial charge in [-0.25, -0.2) is 0 Å². The molecule has 0 spiro atoms. The van der Waals surface area contributed by atoms with Crippen molar-refractivity contribution in [1.29, 1.82) is 0 Å². The third-order valence-corrected chi connectivity index (χ3v) is 5.16. The van der Waals surface area contributed by atoms with Crippen molar-refractivity contribution in [2.45, 2.75) is 19.4 Å². The fraction of sp³-hybridized carbons (Fsp3) is 0.227. The van der Waals surface area contributed by atoms with Crippen LogP contribution in [0.5, 0.6) is 0 Å². The number of amides is 1. The van der Waals surface area contributed by atoms with Gasteiger partial charge in [0.1, 0.15) is 0 Å². The molecule has 0 saturated carbocycles. The van der Waals surface area contributed by atoms with Gasteiger partial charge in [0, 0.05) is 24.7 Å². The molecule has 6 heteroatoms. The molecule has 1 aromatic heterocycles. The second kappa shape index (κ2) is 8.40. The summed E-state index contributed by atoms with van der Waals surface area (Å²) in [6, 6.07) is 19.7. The van der Waals surface area contributed by atoms with Crippen molar-refractivity contribution >= 4 is 23.3 Å². The van der Waals surface area contributed by atoms with Crippen molar-refractivity contribution < 1.29 is 4.79 Å². The number of carbonyl (C=O) groups excluding carboxylic acids is 1. The van der Waals surface area contributed by atoms with E-state index in [-0.39, 0.29) is 5.91 Å². The molecule has 1 N–H and O–H groups in total. The number of halogens is 1. The fourth-order valence-electron chi connectivity index (χ4n) is 3.41. The molecule has 142 valence electrons. The third-order valence-electron chi connectivity index (χ3n) is 4.93. The number of fused-ring (bicyclic) bond motifs is 1. The Bertz CT molecular complexity index is 974. The summed E-state index contributed by atoms with van der Waals surface area (Å²) in [5, 5.41) is 12.0. The fourth-order valence-corrected chi connectivity index (χ4v) is 3.62. The van der Waals surface area contributed by atoms with Crippen LogP contribution in [0.2, 0.25) is 5.02 Å². The Kier molecular flexibility index (Phi) is 5.53. The second-order valence-electron chi connectivity index (χ2n) is 6.85. The quantitative estimate of drug-likeness (QED) is 0.719. The van der Waals surface area contributed by atoms with E-state index < -0.39 is 0 Å². The number of hydrogen-bond donors (Lipinski definition) is 1. The molecule has 0 saturated heterocycles. The van der Waals surface area contributed by atoms with Gasteiger partial charge >= 0.3 is 0 Å². The summed E-state index contributed by atoms with van der Waals surface area (Å²) >= 11 is 5.98. The number of hydrogen-bond acceptors (Lipinski definition) is 4. The van der Waals surface area contributed by atoms with Gasteiger partial charge in [-0.2, -0.15) is 0 Å². The molecule has 0 atom stereocenters. The zero-order valence-electron chi connectivity index (χ0n) is 15.4. The lowest BCUT2D eigenvalue weighted by Crippen LogP contribution is -2.31. The molecule has 1 aliphatic heterocycles. The van der Waals surface area contributed by atoms with E-state index in [0.717, 1.165) is 30.9 Å². The number of nitrogens with zero attached hydrogens (tertiary/aromatic N) is 3. The minimum absolute atomic E-state index is 0.218. The summed E-state index contributed by atoms with van der Waals surface area (Å²) < 4.78 is 0. The first-order chi connectivity index (χ1) is 13.7. The van der Waals surface area contributed by atoms with E-state index in [0.29, 0.717) is 23.7 Å². The lowest BCUT2D eigenvalue weighted by molar-refractivity contribution is 0.0948. The summed E-state index contributed by atoms with van der Waals surface area (Å²) in [4.78, 5) is 14.5. The van der Waals surface area contributed by atoms with Crippen LogP contribution >= 0.6 is 11.6 Å². The van der Waals surface area contributed by atoms with Gasteiger partial charge in [0.05, 0.1) is 0 Å². The van der Waals surface area contributed by atoms with Crippen LogP contribution in [-0.4, -0.2) is 29.2 Å². The number of benzene rings is 2. The van der Waals surface area contributed by atoms with E-state index in [1.54, 1.807) is 6.07 Å². The Labute approximate surface area is 169 Å². The smallest absolute Gasteiger partial charge is 0.271 e. The molecular formula is C22H21ClN4O. The highest BCUT2D eigenvalue weighted by Gasteiger charge is 2.18. The van der Waals surface area contributed by atoms with Gasteiger partial charge in [-0.1, -0.05) is 48.0 Å². The van der Waals surface area contributed by atoms with Crippen molar-refractivity contribution in [2.24, 2.45) is 0 Å². The lowest BCUT2D eigenvalue weighted by atomic mass is 10.00. The molecule has 1 amide bonds. The number of anilines is 1. The number of carbonyl (C=O) groups is 1. The Morgan fingerprint density at radius 3 is 2.68 bits per heavy atom. The van der Waals surface area contributed by atoms with Crippen molar-refractivity contribution in [3.63, 3.8) is 0 Å². The van der Waals surface area contributed by atoms with Crippen LogP contribution in [0.4, 0.5) is 5.82 Å². The first-order valence-electron chi connectivity index (χ1n) is 9.37. The standard InChI is InChI=1S/C22H21ClN4O/c23-19-7-3-4-16(14-19)10-12-24-22(28)20-8-9-21(26-25-20)27-13-11-17-5-1-2-6-18(17)15-27/h1-9,14H,10-13,15H2,(H,24,28). The molecule has 4 rings (SSSR count). The van der Waals surface area contributed by atoms with Crippen molar-refractivity contribution in [3.8, 4) is 0 Å². The van der Waals surface area contributed by atoms with Gasteiger partial charge < -0.3 is 10.2 Å². The highest BCUT2D eigenvalue weighted by molar-refractivity contribution is 6.30. The predicted octanol–water partition coefficient (Wildman–Crippen LogP) is 3.67. The maximum atomic E-state index is 12.3. The molecule has 5 nitrogen and oxygen atoms in total. The summed E-state index contributed by atoms with van der Waals surface area (Å²) in [7, 11) is 0. The van der Waals surface area contributed by atoms with E-state index >= 15 is 0 Å². The molecule has 2 heterocycles. The minimum Gasteiger partial charge on any atom is -0.350 e. The topological polar surface area (TPSA) is 58.1 Å². The Hall–Kier alpha value is -2.92. The minimum atomic E-state index is -0.218.